The zero-order valence-corrected chi connectivity index (χ0v) is 9.67. The topological polar surface area (TPSA) is 88.8 Å². The molecule has 0 spiro atoms. The zero-order chi connectivity index (χ0) is 12.8. The van der Waals surface area contributed by atoms with E-state index < -0.39 is 18.2 Å². The van der Waals surface area contributed by atoms with Crippen LogP contribution in [0.3, 0.4) is 0 Å². The smallest absolute Gasteiger partial charge is 0.332 e. The summed E-state index contributed by atoms with van der Waals surface area (Å²) in [6.07, 6.45) is -0.330. The van der Waals surface area contributed by atoms with Crippen molar-refractivity contribution in [2.75, 3.05) is 0 Å². The third-order valence-electron chi connectivity index (χ3n) is 2.14. The Balaban J connectivity index is 2.34. The van der Waals surface area contributed by atoms with E-state index in [1.54, 1.807) is 12.1 Å². The Morgan fingerprint density at radius 2 is 2.18 bits per heavy atom. The van der Waals surface area contributed by atoms with Crippen LogP contribution in [-0.2, 0) is 20.9 Å². The lowest BCUT2D eigenvalue weighted by molar-refractivity contribution is -0.155. The number of aliphatic carboxylic acids is 1. The maximum atomic E-state index is 11.5. The van der Waals surface area contributed by atoms with E-state index in [2.05, 4.69) is 5.32 Å². The van der Waals surface area contributed by atoms with Crippen molar-refractivity contribution in [1.82, 2.24) is 5.32 Å². The summed E-state index contributed by atoms with van der Waals surface area (Å²) in [5, 5.41) is 11.2. The summed E-state index contributed by atoms with van der Waals surface area (Å²) < 4.78 is 10.0. The highest BCUT2D eigenvalue weighted by Gasteiger charge is 2.20. The van der Waals surface area contributed by atoms with Gasteiger partial charge in [0.1, 0.15) is 11.9 Å². The summed E-state index contributed by atoms with van der Waals surface area (Å²) in [6.45, 7) is 3.12. The van der Waals surface area contributed by atoms with Gasteiger partial charge < -0.3 is 19.6 Å². The van der Waals surface area contributed by atoms with Gasteiger partial charge in [0.2, 0.25) is 5.91 Å². The molecule has 1 rings (SSSR count). The second-order valence-electron chi connectivity index (χ2n) is 3.56. The lowest BCUT2D eigenvalue weighted by Gasteiger charge is -2.15. The van der Waals surface area contributed by atoms with E-state index in [1.807, 2.05) is 0 Å². The molecule has 0 bridgehead atoms. The number of hydrogen-bond acceptors (Lipinski definition) is 4. The van der Waals surface area contributed by atoms with Gasteiger partial charge in [-0.2, -0.15) is 0 Å². The molecule has 2 atom stereocenters. The molecule has 0 saturated heterocycles. The maximum absolute atomic E-state index is 11.5. The number of rotatable bonds is 6. The fraction of sp³-hybridized carbons (Fsp3) is 0.455. The molecule has 17 heavy (non-hydrogen) atoms. The summed E-state index contributed by atoms with van der Waals surface area (Å²) >= 11 is 0. The monoisotopic (exact) mass is 241 g/mol. The predicted molar refractivity (Wildman–Crippen MR) is 58.2 cm³/mol. The minimum Gasteiger partial charge on any atom is -0.479 e. The van der Waals surface area contributed by atoms with Gasteiger partial charge in [-0.05, 0) is 26.0 Å². The quantitative estimate of drug-likeness (QED) is 0.768. The number of amides is 1. The molecule has 1 aromatic rings. The van der Waals surface area contributed by atoms with Gasteiger partial charge >= 0.3 is 5.97 Å². The Hall–Kier alpha value is -1.82. The van der Waals surface area contributed by atoms with Crippen molar-refractivity contribution in [3.8, 4) is 0 Å². The van der Waals surface area contributed by atoms with Gasteiger partial charge in [-0.25, -0.2) is 4.79 Å². The Kier molecular flexibility index (Phi) is 4.71. The summed E-state index contributed by atoms with van der Waals surface area (Å²) in [7, 11) is 0. The van der Waals surface area contributed by atoms with Crippen molar-refractivity contribution in [2.45, 2.75) is 32.6 Å². The highest BCUT2D eigenvalue weighted by atomic mass is 16.5. The number of carbonyl (C=O) groups is 2. The highest BCUT2D eigenvalue weighted by molar-refractivity contribution is 5.81. The first-order valence-corrected chi connectivity index (χ1v) is 5.19. The Bertz CT molecular complexity index is 373. The Morgan fingerprint density at radius 3 is 2.71 bits per heavy atom. The number of furan rings is 1. The molecule has 1 heterocycles. The van der Waals surface area contributed by atoms with Gasteiger partial charge in [0.25, 0.3) is 0 Å². The summed E-state index contributed by atoms with van der Waals surface area (Å²) in [5.41, 5.74) is 0. The Labute approximate surface area is 98.6 Å². The third kappa shape index (κ3) is 4.28. The van der Waals surface area contributed by atoms with Crippen LogP contribution < -0.4 is 5.32 Å². The van der Waals surface area contributed by atoms with Crippen LogP contribution >= 0.6 is 0 Å². The van der Waals surface area contributed by atoms with E-state index in [-0.39, 0.29) is 12.5 Å². The van der Waals surface area contributed by atoms with Crippen molar-refractivity contribution in [3.05, 3.63) is 24.2 Å². The number of hydrogen-bond donors (Lipinski definition) is 2. The van der Waals surface area contributed by atoms with Crippen molar-refractivity contribution in [2.24, 2.45) is 0 Å². The second-order valence-corrected chi connectivity index (χ2v) is 3.56. The molecule has 0 fully saturated rings. The lowest BCUT2D eigenvalue weighted by atomic mass is 10.3. The van der Waals surface area contributed by atoms with Crippen LogP contribution in [0.2, 0.25) is 0 Å². The van der Waals surface area contributed by atoms with Gasteiger partial charge in [-0.15, -0.1) is 0 Å². The van der Waals surface area contributed by atoms with Gasteiger partial charge in [0.15, 0.2) is 6.10 Å². The molecule has 0 saturated carbocycles. The van der Waals surface area contributed by atoms with Crippen LogP contribution in [-0.4, -0.2) is 29.2 Å². The van der Waals surface area contributed by atoms with Crippen molar-refractivity contribution in [3.63, 3.8) is 0 Å². The van der Waals surface area contributed by atoms with Crippen LogP contribution in [0.1, 0.15) is 19.6 Å². The fourth-order valence-corrected chi connectivity index (χ4v) is 1.16. The maximum Gasteiger partial charge on any atom is 0.332 e. The van der Waals surface area contributed by atoms with E-state index >= 15 is 0 Å². The highest BCUT2D eigenvalue weighted by Crippen LogP contribution is 2.01. The number of carboxylic acids is 1. The summed E-state index contributed by atoms with van der Waals surface area (Å²) in [6, 6.07) is 3.44. The van der Waals surface area contributed by atoms with E-state index in [1.165, 1.54) is 20.1 Å². The summed E-state index contributed by atoms with van der Waals surface area (Å²) in [4.78, 5) is 22.1. The number of carbonyl (C=O) groups excluding carboxylic acids is 1. The average molecular weight is 241 g/mol. The molecule has 6 heteroatoms. The molecule has 2 N–H and O–H groups in total. The molecular weight excluding hydrogens is 226 g/mol. The lowest BCUT2D eigenvalue weighted by Crippen LogP contribution is -2.37. The van der Waals surface area contributed by atoms with Crippen molar-refractivity contribution >= 4 is 11.9 Å². The predicted octanol–water partition coefficient (Wildman–Crippen LogP) is 0.774. The molecule has 2 unspecified atom stereocenters. The molecule has 0 aromatic carbocycles. The van der Waals surface area contributed by atoms with Gasteiger partial charge in [0, 0.05) is 0 Å². The molecule has 0 aliphatic heterocycles. The number of carboxylic acid groups (broad SMARTS) is 1. The van der Waals surface area contributed by atoms with Gasteiger partial charge in [-0.3, -0.25) is 4.79 Å². The molecule has 1 amide bonds. The molecule has 0 radical (unpaired) electrons. The van der Waals surface area contributed by atoms with E-state index in [9.17, 15) is 9.59 Å². The standard InChI is InChI=1S/C11H15NO5/c1-7(17-8(2)11(14)15)10(13)12-6-9-4-3-5-16-9/h3-5,7-8H,6H2,1-2H3,(H,12,13)(H,14,15). The van der Waals surface area contributed by atoms with Crippen molar-refractivity contribution < 1.29 is 23.8 Å². The number of nitrogens with one attached hydrogen (secondary N) is 1. The first-order valence-electron chi connectivity index (χ1n) is 5.19. The Morgan fingerprint density at radius 1 is 1.47 bits per heavy atom. The van der Waals surface area contributed by atoms with Crippen LogP contribution in [0.25, 0.3) is 0 Å². The first-order chi connectivity index (χ1) is 8.00. The first kappa shape index (κ1) is 13.2. The summed E-state index contributed by atoms with van der Waals surface area (Å²) in [5.74, 6) is -0.859. The van der Waals surface area contributed by atoms with Gasteiger partial charge in [-0.1, -0.05) is 0 Å². The minimum atomic E-state index is -1.10. The molecular formula is C11H15NO5. The van der Waals surface area contributed by atoms with Gasteiger partial charge in [0.05, 0.1) is 12.8 Å². The zero-order valence-electron chi connectivity index (χ0n) is 9.67. The van der Waals surface area contributed by atoms with Crippen LogP contribution in [0.15, 0.2) is 22.8 Å². The van der Waals surface area contributed by atoms with Crippen molar-refractivity contribution in [1.29, 1.82) is 0 Å². The fourth-order valence-electron chi connectivity index (χ4n) is 1.16. The van der Waals surface area contributed by atoms with E-state index in [0.29, 0.717) is 5.76 Å². The third-order valence-corrected chi connectivity index (χ3v) is 2.14. The van der Waals surface area contributed by atoms with Crippen LogP contribution in [0.5, 0.6) is 0 Å². The molecule has 0 aliphatic carbocycles. The largest absolute Gasteiger partial charge is 0.479 e. The van der Waals surface area contributed by atoms with E-state index in [0.717, 1.165) is 0 Å². The minimum absolute atomic E-state index is 0.251. The van der Waals surface area contributed by atoms with E-state index in [4.69, 9.17) is 14.3 Å². The number of ether oxygens (including phenoxy) is 1. The molecule has 1 aromatic heterocycles. The second kappa shape index (κ2) is 6.05. The normalized spacial score (nSPS) is 14.0. The molecule has 0 aliphatic rings. The van der Waals surface area contributed by atoms with Crippen LogP contribution in [0.4, 0.5) is 0 Å². The molecule has 6 nitrogen and oxygen atoms in total. The van der Waals surface area contributed by atoms with Crippen LogP contribution in [0, 0.1) is 0 Å². The average Bonchev–Trinajstić information content (AvgIpc) is 2.78. The SMILES string of the molecule is CC(OC(C)C(=O)NCc1ccco1)C(=O)O. The molecule has 94 valence electrons.